The van der Waals surface area contributed by atoms with E-state index in [1.54, 1.807) is 6.92 Å². The number of carboxylic acids is 1. The van der Waals surface area contributed by atoms with Crippen molar-refractivity contribution in [1.82, 2.24) is 10.6 Å². The van der Waals surface area contributed by atoms with Crippen molar-refractivity contribution in [3.63, 3.8) is 0 Å². The summed E-state index contributed by atoms with van der Waals surface area (Å²) in [6, 6.07) is 0.303. The van der Waals surface area contributed by atoms with E-state index in [9.17, 15) is 9.59 Å². The number of nitrogens with one attached hydrogen (secondary N) is 2. The van der Waals surface area contributed by atoms with Gasteiger partial charge in [0.2, 0.25) is 5.91 Å². The van der Waals surface area contributed by atoms with Gasteiger partial charge in [0.1, 0.15) is 0 Å². The van der Waals surface area contributed by atoms with Crippen LogP contribution in [0.4, 0.5) is 0 Å². The Hall–Kier alpha value is -1.10. The number of aliphatic carboxylic acids is 1. The molecule has 5 heteroatoms. The van der Waals surface area contributed by atoms with Crippen LogP contribution in [0.3, 0.4) is 0 Å². The van der Waals surface area contributed by atoms with E-state index in [2.05, 4.69) is 10.6 Å². The van der Waals surface area contributed by atoms with Crippen LogP contribution in [0.15, 0.2) is 0 Å². The van der Waals surface area contributed by atoms with Gasteiger partial charge in [0, 0.05) is 19.0 Å². The van der Waals surface area contributed by atoms with Crippen molar-refractivity contribution in [1.29, 1.82) is 0 Å². The van der Waals surface area contributed by atoms with Crippen LogP contribution in [-0.2, 0) is 9.59 Å². The van der Waals surface area contributed by atoms with Crippen molar-refractivity contribution in [2.45, 2.75) is 38.6 Å². The molecule has 0 aromatic heterocycles. The standard InChI is InChI=1S/C11H20N2O3/c1-8(11(15)16)4-6-13-10(14)7-9-3-2-5-12-9/h8-9,12H,2-7H2,1H3,(H,13,14)(H,15,16). The fourth-order valence-electron chi connectivity index (χ4n) is 1.78. The van der Waals surface area contributed by atoms with Gasteiger partial charge in [0.15, 0.2) is 0 Å². The van der Waals surface area contributed by atoms with E-state index in [0.717, 1.165) is 19.4 Å². The zero-order valence-electron chi connectivity index (χ0n) is 9.66. The lowest BCUT2D eigenvalue weighted by molar-refractivity contribution is -0.141. The first-order chi connectivity index (χ1) is 7.59. The minimum Gasteiger partial charge on any atom is -0.481 e. The van der Waals surface area contributed by atoms with Crippen LogP contribution >= 0.6 is 0 Å². The van der Waals surface area contributed by atoms with E-state index in [1.165, 1.54) is 0 Å². The molecule has 1 heterocycles. The van der Waals surface area contributed by atoms with Crippen molar-refractivity contribution < 1.29 is 14.7 Å². The Morgan fingerprint density at radius 1 is 1.56 bits per heavy atom. The molecule has 2 atom stereocenters. The van der Waals surface area contributed by atoms with E-state index >= 15 is 0 Å². The van der Waals surface area contributed by atoms with Gasteiger partial charge in [-0.3, -0.25) is 9.59 Å². The number of carbonyl (C=O) groups excluding carboxylic acids is 1. The van der Waals surface area contributed by atoms with Crippen LogP contribution in [0, 0.1) is 5.92 Å². The van der Waals surface area contributed by atoms with Gasteiger partial charge in [0.25, 0.3) is 0 Å². The van der Waals surface area contributed by atoms with Gasteiger partial charge >= 0.3 is 5.97 Å². The highest BCUT2D eigenvalue weighted by molar-refractivity contribution is 5.76. The van der Waals surface area contributed by atoms with Crippen molar-refractivity contribution in [2.24, 2.45) is 5.92 Å². The number of hydrogen-bond donors (Lipinski definition) is 3. The molecule has 5 nitrogen and oxygen atoms in total. The highest BCUT2D eigenvalue weighted by atomic mass is 16.4. The average molecular weight is 228 g/mol. The minimum atomic E-state index is -0.813. The van der Waals surface area contributed by atoms with Gasteiger partial charge in [-0.2, -0.15) is 0 Å². The molecule has 1 saturated heterocycles. The van der Waals surface area contributed by atoms with E-state index in [-0.39, 0.29) is 5.91 Å². The fourth-order valence-corrected chi connectivity index (χ4v) is 1.78. The SMILES string of the molecule is CC(CCNC(=O)CC1CCCN1)C(=O)O. The van der Waals surface area contributed by atoms with Gasteiger partial charge in [0.05, 0.1) is 5.92 Å². The predicted octanol–water partition coefficient (Wildman–Crippen LogP) is 0.356. The summed E-state index contributed by atoms with van der Waals surface area (Å²) in [5.41, 5.74) is 0. The molecule has 0 aromatic rings. The van der Waals surface area contributed by atoms with Gasteiger partial charge in [-0.25, -0.2) is 0 Å². The third kappa shape index (κ3) is 4.61. The first kappa shape index (κ1) is 13.0. The molecule has 0 radical (unpaired) electrons. The van der Waals surface area contributed by atoms with Crippen LogP contribution in [0.2, 0.25) is 0 Å². The Labute approximate surface area is 95.6 Å². The van der Waals surface area contributed by atoms with Gasteiger partial charge < -0.3 is 15.7 Å². The highest BCUT2D eigenvalue weighted by Gasteiger charge is 2.17. The summed E-state index contributed by atoms with van der Waals surface area (Å²) in [6.07, 6.45) is 3.17. The molecule has 92 valence electrons. The van der Waals surface area contributed by atoms with Crippen LogP contribution in [0.1, 0.15) is 32.6 Å². The van der Waals surface area contributed by atoms with Crippen LogP contribution in [-0.4, -0.2) is 36.1 Å². The van der Waals surface area contributed by atoms with Crippen LogP contribution < -0.4 is 10.6 Å². The molecule has 2 unspecified atom stereocenters. The van der Waals surface area contributed by atoms with Crippen molar-refractivity contribution >= 4 is 11.9 Å². The Morgan fingerprint density at radius 3 is 2.88 bits per heavy atom. The largest absolute Gasteiger partial charge is 0.481 e. The smallest absolute Gasteiger partial charge is 0.306 e. The summed E-state index contributed by atoms with van der Waals surface area (Å²) < 4.78 is 0. The molecule has 0 aromatic carbocycles. The maximum Gasteiger partial charge on any atom is 0.306 e. The highest BCUT2D eigenvalue weighted by Crippen LogP contribution is 2.08. The van der Waals surface area contributed by atoms with Crippen LogP contribution in [0.25, 0.3) is 0 Å². The second-order valence-electron chi connectivity index (χ2n) is 4.38. The normalized spacial score (nSPS) is 21.7. The second-order valence-corrected chi connectivity index (χ2v) is 4.38. The molecule has 0 saturated carbocycles. The lowest BCUT2D eigenvalue weighted by Crippen LogP contribution is -2.33. The number of amides is 1. The van der Waals surface area contributed by atoms with E-state index in [1.807, 2.05) is 0 Å². The minimum absolute atomic E-state index is 0.0111. The molecule has 0 aliphatic carbocycles. The molecule has 1 aliphatic heterocycles. The first-order valence-corrected chi connectivity index (χ1v) is 5.82. The maximum atomic E-state index is 11.5. The second kappa shape index (κ2) is 6.48. The third-order valence-corrected chi connectivity index (χ3v) is 2.92. The number of carbonyl (C=O) groups is 2. The van der Waals surface area contributed by atoms with Crippen molar-refractivity contribution in [2.75, 3.05) is 13.1 Å². The Balaban J connectivity index is 2.08. The Bertz CT molecular complexity index is 250. The molecular formula is C11H20N2O3. The first-order valence-electron chi connectivity index (χ1n) is 5.82. The van der Waals surface area contributed by atoms with Gasteiger partial charge in [-0.1, -0.05) is 6.92 Å². The summed E-state index contributed by atoms with van der Waals surface area (Å²) in [5.74, 6) is -1.20. The summed E-state index contributed by atoms with van der Waals surface area (Å²) >= 11 is 0. The fraction of sp³-hybridized carbons (Fsp3) is 0.818. The van der Waals surface area contributed by atoms with Gasteiger partial charge in [-0.05, 0) is 25.8 Å². The number of carboxylic acid groups (broad SMARTS) is 1. The third-order valence-electron chi connectivity index (χ3n) is 2.92. The molecule has 16 heavy (non-hydrogen) atoms. The zero-order chi connectivity index (χ0) is 12.0. The summed E-state index contributed by atoms with van der Waals surface area (Å²) in [4.78, 5) is 22.0. The van der Waals surface area contributed by atoms with E-state index in [0.29, 0.717) is 25.4 Å². The summed E-state index contributed by atoms with van der Waals surface area (Å²) in [6.45, 7) is 3.08. The summed E-state index contributed by atoms with van der Waals surface area (Å²) in [5, 5.41) is 14.7. The molecule has 1 aliphatic rings. The molecule has 0 spiro atoms. The molecule has 1 rings (SSSR count). The molecule has 0 bridgehead atoms. The quantitative estimate of drug-likeness (QED) is 0.613. The van der Waals surface area contributed by atoms with E-state index in [4.69, 9.17) is 5.11 Å². The predicted molar refractivity (Wildman–Crippen MR) is 60.1 cm³/mol. The van der Waals surface area contributed by atoms with Crippen molar-refractivity contribution in [3.8, 4) is 0 Å². The average Bonchev–Trinajstić information content (AvgIpc) is 2.70. The Kier molecular flexibility index (Phi) is 5.25. The maximum absolute atomic E-state index is 11.5. The number of rotatable bonds is 6. The summed E-state index contributed by atoms with van der Waals surface area (Å²) in [7, 11) is 0. The lowest BCUT2D eigenvalue weighted by Gasteiger charge is -2.11. The molecule has 1 fully saturated rings. The monoisotopic (exact) mass is 228 g/mol. The van der Waals surface area contributed by atoms with Crippen molar-refractivity contribution in [3.05, 3.63) is 0 Å². The van der Waals surface area contributed by atoms with Gasteiger partial charge in [-0.15, -0.1) is 0 Å². The lowest BCUT2D eigenvalue weighted by atomic mass is 10.1. The molecule has 1 amide bonds. The zero-order valence-corrected chi connectivity index (χ0v) is 9.66. The topological polar surface area (TPSA) is 78.4 Å². The van der Waals surface area contributed by atoms with Crippen LogP contribution in [0.5, 0.6) is 0 Å². The number of hydrogen-bond acceptors (Lipinski definition) is 3. The molecule has 3 N–H and O–H groups in total. The van der Waals surface area contributed by atoms with E-state index < -0.39 is 11.9 Å². The molecular weight excluding hydrogens is 208 g/mol. The Morgan fingerprint density at radius 2 is 2.31 bits per heavy atom.